The molecule has 0 aliphatic rings. The van der Waals surface area contributed by atoms with E-state index in [1.165, 1.54) is 0 Å². The Morgan fingerprint density at radius 3 is 2.89 bits per heavy atom. The minimum atomic E-state index is -0.204. The molecule has 5 nitrogen and oxygen atoms in total. The van der Waals surface area contributed by atoms with E-state index in [2.05, 4.69) is 15.5 Å². The summed E-state index contributed by atoms with van der Waals surface area (Å²) in [5.74, 6) is 0.194. The number of H-pyrrole nitrogens is 1. The highest BCUT2D eigenvalue weighted by Gasteiger charge is 2.15. The van der Waals surface area contributed by atoms with Crippen molar-refractivity contribution in [3.63, 3.8) is 0 Å². The Labute approximate surface area is 109 Å². The molecule has 2 aromatic heterocycles. The standard InChI is InChI=1S/C14H13N3O2/c1-8-9(2)17-19-14(8)16-13(18)11-4-3-5-12-10(11)6-7-15-12/h3-7,15H,1-2H3,(H,16,18). The minimum Gasteiger partial charge on any atom is -0.361 e. The number of carbonyl (C=O) groups is 1. The molecule has 0 aliphatic carbocycles. The molecule has 3 aromatic rings. The second-order valence-electron chi connectivity index (χ2n) is 4.42. The van der Waals surface area contributed by atoms with E-state index in [-0.39, 0.29) is 5.91 Å². The van der Waals surface area contributed by atoms with Crippen LogP contribution in [0.2, 0.25) is 0 Å². The Morgan fingerprint density at radius 1 is 1.32 bits per heavy atom. The first-order valence-electron chi connectivity index (χ1n) is 5.97. The third-order valence-corrected chi connectivity index (χ3v) is 3.22. The number of hydrogen-bond donors (Lipinski definition) is 2. The van der Waals surface area contributed by atoms with Crippen molar-refractivity contribution in [2.75, 3.05) is 5.32 Å². The van der Waals surface area contributed by atoms with Gasteiger partial charge in [0.15, 0.2) is 0 Å². The average molecular weight is 255 g/mol. The summed E-state index contributed by atoms with van der Waals surface area (Å²) in [6, 6.07) is 7.43. The van der Waals surface area contributed by atoms with Gasteiger partial charge >= 0.3 is 0 Å². The number of aryl methyl sites for hydroxylation is 1. The Morgan fingerprint density at radius 2 is 2.16 bits per heavy atom. The molecule has 0 radical (unpaired) electrons. The second kappa shape index (κ2) is 4.28. The van der Waals surface area contributed by atoms with Crippen LogP contribution in [0, 0.1) is 13.8 Å². The van der Waals surface area contributed by atoms with E-state index in [9.17, 15) is 4.79 Å². The fraction of sp³-hybridized carbons (Fsp3) is 0.143. The molecule has 0 spiro atoms. The quantitative estimate of drug-likeness (QED) is 0.739. The van der Waals surface area contributed by atoms with Gasteiger partial charge < -0.3 is 9.51 Å². The molecule has 3 rings (SSSR count). The van der Waals surface area contributed by atoms with Crippen LogP contribution in [0.15, 0.2) is 35.0 Å². The predicted octanol–water partition coefficient (Wildman–Crippen LogP) is 3.03. The number of rotatable bonds is 2. The minimum absolute atomic E-state index is 0.204. The maximum atomic E-state index is 12.3. The summed E-state index contributed by atoms with van der Waals surface area (Å²) in [6.45, 7) is 3.69. The SMILES string of the molecule is Cc1noc(NC(=O)c2cccc3[nH]ccc23)c1C. The van der Waals surface area contributed by atoms with Gasteiger partial charge in [0.2, 0.25) is 5.88 Å². The number of benzene rings is 1. The van der Waals surface area contributed by atoms with Gasteiger partial charge in [0, 0.05) is 28.2 Å². The van der Waals surface area contributed by atoms with Crippen molar-refractivity contribution >= 4 is 22.7 Å². The molecule has 0 bridgehead atoms. The molecule has 0 aliphatic heterocycles. The molecular weight excluding hydrogens is 242 g/mol. The van der Waals surface area contributed by atoms with Crippen LogP contribution >= 0.6 is 0 Å². The van der Waals surface area contributed by atoms with Crippen LogP contribution in [0.4, 0.5) is 5.88 Å². The fourth-order valence-electron chi connectivity index (χ4n) is 1.99. The molecule has 0 saturated carbocycles. The molecule has 0 atom stereocenters. The van der Waals surface area contributed by atoms with E-state index in [1.807, 2.05) is 38.2 Å². The van der Waals surface area contributed by atoms with Crippen molar-refractivity contribution in [1.82, 2.24) is 10.1 Å². The number of carbonyl (C=O) groups excluding carboxylic acids is 1. The lowest BCUT2D eigenvalue weighted by Gasteiger charge is -2.03. The first-order valence-corrected chi connectivity index (χ1v) is 5.97. The Hall–Kier alpha value is -2.56. The van der Waals surface area contributed by atoms with Crippen LogP contribution in [-0.4, -0.2) is 16.0 Å². The van der Waals surface area contributed by atoms with E-state index >= 15 is 0 Å². The number of aromatic amines is 1. The van der Waals surface area contributed by atoms with Crippen LogP contribution in [0.1, 0.15) is 21.6 Å². The Balaban J connectivity index is 1.96. The summed E-state index contributed by atoms with van der Waals surface area (Å²) in [7, 11) is 0. The van der Waals surface area contributed by atoms with E-state index in [4.69, 9.17) is 4.52 Å². The lowest BCUT2D eigenvalue weighted by Crippen LogP contribution is -2.12. The third kappa shape index (κ3) is 1.89. The Kier molecular flexibility index (Phi) is 2.59. The van der Waals surface area contributed by atoms with Gasteiger partial charge in [0.05, 0.1) is 5.69 Å². The van der Waals surface area contributed by atoms with Gasteiger partial charge in [-0.25, -0.2) is 0 Å². The van der Waals surface area contributed by atoms with Gasteiger partial charge in [-0.3, -0.25) is 10.1 Å². The van der Waals surface area contributed by atoms with Crippen molar-refractivity contribution in [3.8, 4) is 0 Å². The first kappa shape index (κ1) is 11.5. The number of hydrogen-bond acceptors (Lipinski definition) is 3. The number of nitrogens with zero attached hydrogens (tertiary/aromatic N) is 1. The molecule has 0 unspecified atom stereocenters. The molecular formula is C14H13N3O2. The number of fused-ring (bicyclic) bond motifs is 1. The van der Waals surface area contributed by atoms with Crippen LogP contribution in [0.25, 0.3) is 10.9 Å². The van der Waals surface area contributed by atoms with Crippen molar-refractivity contribution in [2.45, 2.75) is 13.8 Å². The molecule has 1 aromatic carbocycles. The zero-order valence-electron chi connectivity index (χ0n) is 10.7. The lowest BCUT2D eigenvalue weighted by atomic mass is 10.1. The molecule has 96 valence electrons. The highest BCUT2D eigenvalue weighted by Crippen LogP contribution is 2.21. The van der Waals surface area contributed by atoms with Crippen molar-refractivity contribution in [2.24, 2.45) is 0 Å². The molecule has 19 heavy (non-hydrogen) atoms. The van der Waals surface area contributed by atoms with Gasteiger partial charge in [0.25, 0.3) is 5.91 Å². The van der Waals surface area contributed by atoms with Gasteiger partial charge in [-0.05, 0) is 32.0 Å². The van der Waals surface area contributed by atoms with Gasteiger partial charge in [-0.1, -0.05) is 11.2 Å². The van der Waals surface area contributed by atoms with Crippen LogP contribution in [-0.2, 0) is 0 Å². The third-order valence-electron chi connectivity index (χ3n) is 3.22. The monoisotopic (exact) mass is 255 g/mol. The highest BCUT2D eigenvalue weighted by molar-refractivity contribution is 6.12. The van der Waals surface area contributed by atoms with Crippen LogP contribution in [0.5, 0.6) is 0 Å². The largest absolute Gasteiger partial charge is 0.361 e. The van der Waals surface area contributed by atoms with Gasteiger partial charge in [-0.15, -0.1) is 0 Å². The van der Waals surface area contributed by atoms with Crippen molar-refractivity contribution in [1.29, 1.82) is 0 Å². The van der Waals surface area contributed by atoms with E-state index in [0.29, 0.717) is 11.4 Å². The number of anilines is 1. The lowest BCUT2D eigenvalue weighted by molar-refractivity contribution is 0.102. The summed E-state index contributed by atoms with van der Waals surface area (Å²) in [4.78, 5) is 15.4. The summed E-state index contributed by atoms with van der Waals surface area (Å²) >= 11 is 0. The van der Waals surface area contributed by atoms with E-state index in [1.54, 1.807) is 6.07 Å². The van der Waals surface area contributed by atoms with Crippen LogP contribution in [0.3, 0.4) is 0 Å². The number of amides is 1. The topological polar surface area (TPSA) is 70.9 Å². The maximum absolute atomic E-state index is 12.3. The highest BCUT2D eigenvalue weighted by atomic mass is 16.5. The molecule has 0 saturated heterocycles. The summed E-state index contributed by atoms with van der Waals surface area (Å²) in [6.07, 6.45) is 1.81. The second-order valence-corrected chi connectivity index (χ2v) is 4.42. The zero-order chi connectivity index (χ0) is 13.4. The summed E-state index contributed by atoms with van der Waals surface area (Å²) < 4.78 is 5.09. The molecule has 2 heterocycles. The fourth-order valence-corrected chi connectivity index (χ4v) is 1.99. The average Bonchev–Trinajstić information content (AvgIpc) is 3.00. The normalized spacial score (nSPS) is 10.8. The molecule has 0 fully saturated rings. The first-order chi connectivity index (χ1) is 9.16. The number of nitrogens with one attached hydrogen (secondary N) is 2. The number of aromatic nitrogens is 2. The summed E-state index contributed by atoms with van der Waals surface area (Å²) in [5, 5.41) is 7.45. The van der Waals surface area contributed by atoms with Crippen molar-refractivity contribution in [3.05, 3.63) is 47.3 Å². The van der Waals surface area contributed by atoms with Crippen molar-refractivity contribution < 1.29 is 9.32 Å². The molecule has 1 amide bonds. The molecule has 2 N–H and O–H groups in total. The van der Waals surface area contributed by atoms with E-state index in [0.717, 1.165) is 22.2 Å². The summed E-state index contributed by atoms with van der Waals surface area (Å²) in [5.41, 5.74) is 3.15. The van der Waals surface area contributed by atoms with E-state index < -0.39 is 0 Å². The van der Waals surface area contributed by atoms with Gasteiger partial charge in [-0.2, -0.15) is 0 Å². The maximum Gasteiger partial charge on any atom is 0.258 e. The van der Waals surface area contributed by atoms with Crippen LogP contribution < -0.4 is 5.32 Å². The Bertz CT molecular complexity index is 755. The van der Waals surface area contributed by atoms with Gasteiger partial charge in [0.1, 0.15) is 0 Å². The zero-order valence-corrected chi connectivity index (χ0v) is 10.7. The molecule has 5 heteroatoms. The predicted molar refractivity (Wildman–Crippen MR) is 72.2 cm³/mol. The smallest absolute Gasteiger partial charge is 0.258 e.